The minimum atomic E-state index is 0.463. The van der Waals surface area contributed by atoms with Gasteiger partial charge in [-0.05, 0) is 41.1 Å². The molecule has 0 fully saturated rings. The first-order valence-electron chi connectivity index (χ1n) is 7.32. The van der Waals surface area contributed by atoms with Crippen molar-refractivity contribution in [3.05, 3.63) is 67.1 Å². The number of tetrazole rings is 1. The van der Waals surface area contributed by atoms with E-state index in [-0.39, 0.29) is 0 Å². The number of nitrogens with zero attached hydrogens (tertiary/aromatic N) is 6. The Morgan fingerprint density at radius 3 is 2.71 bits per heavy atom. The zero-order valence-corrected chi connectivity index (χ0v) is 12.6. The van der Waals surface area contributed by atoms with Crippen molar-refractivity contribution in [2.45, 2.75) is 0 Å². The minimum Gasteiger partial charge on any atom is -0.399 e. The normalized spacial score (nSPS) is 10.7. The number of hydrogen-bond acceptors (Lipinski definition) is 6. The molecule has 0 saturated heterocycles. The van der Waals surface area contributed by atoms with Crippen molar-refractivity contribution >= 4 is 5.69 Å². The average molecular weight is 315 g/mol. The highest BCUT2D eigenvalue weighted by Crippen LogP contribution is 2.22. The first-order valence-corrected chi connectivity index (χ1v) is 7.32. The summed E-state index contributed by atoms with van der Waals surface area (Å²) in [7, 11) is 0. The fraction of sp³-hybridized carbons (Fsp3) is 0. The molecule has 0 aliphatic carbocycles. The van der Waals surface area contributed by atoms with Crippen LogP contribution in [0.2, 0.25) is 0 Å². The quantitative estimate of drug-likeness (QED) is 0.583. The van der Waals surface area contributed by atoms with Gasteiger partial charge in [-0.25, -0.2) is 0 Å². The second kappa shape index (κ2) is 5.88. The predicted octanol–water partition coefficient (Wildman–Crippen LogP) is 2.37. The number of rotatable bonds is 3. The van der Waals surface area contributed by atoms with Gasteiger partial charge < -0.3 is 5.73 Å². The van der Waals surface area contributed by atoms with Gasteiger partial charge in [-0.2, -0.15) is 0 Å². The minimum absolute atomic E-state index is 0.463. The molecule has 0 aliphatic rings. The number of benzene rings is 1. The van der Waals surface area contributed by atoms with Crippen molar-refractivity contribution < 1.29 is 0 Å². The maximum atomic E-state index is 5.85. The number of nitrogens with two attached hydrogens (primary N) is 1. The molecule has 24 heavy (non-hydrogen) atoms. The molecule has 0 saturated carbocycles. The first-order chi connectivity index (χ1) is 11.8. The summed E-state index contributed by atoms with van der Waals surface area (Å²) in [5, 5.41) is 12.5. The Kier molecular flexibility index (Phi) is 3.43. The van der Waals surface area contributed by atoms with E-state index in [1.807, 2.05) is 48.5 Å². The van der Waals surface area contributed by atoms with Crippen LogP contribution in [0.5, 0.6) is 0 Å². The molecule has 0 radical (unpaired) electrons. The van der Waals surface area contributed by atoms with E-state index < -0.39 is 0 Å². The van der Waals surface area contributed by atoms with E-state index >= 15 is 0 Å². The SMILES string of the molecule is Nc1cccc(-c2cncc(-n3nnc(-c4ccccn4)n3)c2)c1. The molecular formula is C17H13N7. The fourth-order valence-corrected chi connectivity index (χ4v) is 2.33. The van der Waals surface area contributed by atoms with Crippen LogP contribution in [0.1, 0.15) is 0 Å². The summed E-state index contributed by atoms with van der Waals surface area (Å²) in [6.45, 7) is 0. The highest BCUT2D eigenvalue weighted by atomic mass is 15.6. The third-order valence-corrected chi connectivity index (χ3v) is 3.48. The molecule has 3 heterocycles. The smallest absolute Gasteiger partial charge is 0.223 e. The van der Waals surface area contributed by atoms with Crippen LogP contribution in [0.3, 0.4) is 0 Å². The molecule has 4 aromatic rings. The van der Waals surface area contributed by atoms with Gasteiger partial charge in [0.25, 0.3) is 0 Å². The summed E-state index contributed by atoms with van der Waals surface area (Å²) in [4.78, 5) is 9.92. The topological polar surface area (TPSA) is 95.4 Å². The number of nitrogen functional groups attached to an aromatic ring is 1. The van der Waals surface area contributed by atoms with Gasteiger partial charge in [0, 0.05) is 23.6 Å². The molecule has 4 rings (SSSR count). The number of anilines is 1. The van der Waals surface area contributed by atoms with Gasteiger partial charge in [0.1, 0.15) is 11.4 Å². The maximum absolute atomic E-state index is 5.85. The van der Waals surface area contributed by atoms with Crippen LogP contribution < -0.4 is 5.73 Å². The Morgan fingerprint density at radius 2 is 1.88 bits per heavy atom. The van der Waals surface area contributed by atoms with Crippen molar-refractivity contribution in [3.63, 3.8) is 0 Å². The standard InChI is InChI=1S/C17H13N7/c18-14-5-3-4-12(8-14)13-9-15(11-19-10-13)24-22-17(21-23-24)16-6-1-2-7-20-16/h1-11H,18H2. The van der Waals surface area contributed by atoms with Crippen LogP contribution in [0.4, 0.5) is 5.69 Å². The van der Waals surface area contributed by atoms with Gasteiger partial charge in [-0.1, -0.05) is 18.2 Å². The predicted molar refractivity (Wildman–Crippen MR) is 90.0 cm³/mol. The third-order valence-electron chi connectivity index (χ3n) is 3.48. The van der Waals surface area contributed by atoms with Gasteiger partial charge in [-0.3, -0.25) is 9.97 Å². The lowest BCUT2D eigenvalue weighted by Gasteiger charge is -2.04. The molecule has 3 aromatic heterocycles. The molecule has 2 N–H and O–H groups in total. The largest absolute Gasteiger partial charge is 0.399 e. The molecule has 116 valence electrons. The number of hydrogen-bond donors (Lipinski definition) is 1. The van der Waals surface area contributed by atoms with E-state index in [4.69, 9.17) is 5.73 Å². The summed E-state index contributed by atoms with van der Waals surface area (Å²) >= 11 is 0. The van der Waals surface area contributed by atoms with Crippen molar-refractivity contribution in [2.75, 3.05) is 5.73 Å². The summed E-state index contributed by atoms with van der Waals surface area (Å²) < 4.78 is 0. The Bertz CT molecular complexity index is 979. The average Bonchev–Trinajstić information content (AvgIpc) is 3.13. The van der Waals surface area contributed by atoms with Gasteiger partial charge >= 0.3 is 0 Å². The lowest BCUT2D eigenvalue weighted by molar-refractivity contribution is 0.717. The van der Waals surface area contributed by atoms with Crippen LogP contribution in [0.15, 0.2) is 67.1 Å². The van der Waals surface area contributed by atoms with E-state index in [1.165, 1.54) is 4.80 Å². The molecule has 7 heteroatoms. The second-order valence-electron chi connectivity index (χ2n) is 5.17. The van der Waals surface area contributed by atoms with Crippen LogP contribution in [-0.2, 0) is 0 Å². The molecule has 0 amide bonds. The van der Waals surface area contributed by atoms with E-state index in [0.29, 0.717) is 22.9 Å². The number of pyridine rings is 2. The van der Waals surface area contributed by atoms with E-state index in [1.54, 1.807) is 18.6 Å². The monoisotopic (exact) mass is 315 g/mol. The molecule has 0 unspecified atom stereocenters. The Morgan fingerprint density at radius 1 is 0.917 bits per heavy atom. The second-order valence-corrected chi connectivity index (χ2v) is 5.17. The molecule has 0 aliphatic heterocycles. The molecule has 0 spiro atoms. The zero-order chi connectivity index (χ0) is 16.4. The summed E-state index contributed by atoms with van der Waals surface area (Å²) in [5.41, 5.74) is 9.84. The Hall–Kier alpha value is -3.61. The third kappa shape index (κ3) is 2.70. The van der Waals surface area contributed by atoms with E-state index in [0.717, 1.165) is 11.1 Å². The molecular weight excluding hydrogens is 302 g/mol. The Balaban J connectivity index is 1.71. The van der Waals surface area contributed by atoms with Gasteiger partial charge in [-0.15, -0.1) is 15.0 Å². The summed E-state index contributed by atoms with van der Waals surface area (Å²) in [6, 6.07) is 15.1. The van der Waals surface area contributed by atoms with Crippen LogP contribution in [0, 0.1) is 0 Å². The first kappa shape index (κ1) is 14.0. The lowest BCUT2D eigenvalue weighted by atomic mass is 10.1. The lowest BCUT2D eigenvalue weighted by Crippen LogP contribution is -2.00. The summed E-state index contributed by atoms with van der Waals surface area (Å²) in [6.07, 6.45) is 5.15. The zero-order valence-electron chi connectivity index (χ0n) is 12.6. The fourth-order valence-electron chi connectivity index (χ4n) is 2.33. The Labute approximate surface area is 137 Å². The van der Waals surface area contributed by atoms with Gasteiger partial charge in [0.15, 0.2) is 0 Å². The van der Waals surface area contributed by atoms with Crippen LogP contribution >= 0.6 is 0 Å². The molecule has 0 atom stereocenters. The van der Waals surface area contributed by atoms with Crippen molar-refractivity contribution in [2.24, 2.45) is 0 Å². The maximum Gasteiger partial charge on any atom is 0.223 e. The van der Waals surface area contributed by atoms with Crippen LogP contribution in [-0.4, -0.2) is 30.2 Å². The summed E-state index contributed by atoms with van der Waals surface area (Å²) in [5.74, 6) is 0.463. The van der Waals surface area contributed by atoms with E-state index in [9.17, 15) is 0 Å². The van der Waals surface area contributed by atoms with Crippen molar-refractivity contribution in [1.82, 2.24) is 30.2 Å². The highest BCUT2D eigenvalue weighted by molar-refractivity contribution is 5.68. The van der Waals surface area contributed by atoms with E-state index in [2.05, 4.69) is 25.4 Å². The molecule has 7 nitrogen and oxygen atoms in total. The highest BCUT2D eigenvalue weighted by Gasteiger charge is 2.09. The van der Waals surface area contributed by atoms with Crippen molar-refractivity contribution in [1.29, 1.82) is 0 Å². The van der Waals surface area contributed by atoms with Gasteiger partial charge in [0.05, 0.1) is 6.20 Å². The van der Waals surface area contributed by atoms with Crippen molar-refractivity contribution in [3.8, 4) is 28.3 Å². The van der Waals surface area contributed by atoms with Crippen LogP contribution in [0.25, 0.3) is 28.3 Å². The van der Waals surface area contributed by atoms with Gasteiger partial charge in [0.2, 0.25) is 5.82 Å². The molecule has 0 bridgehead atoms. The molecule has 1 aromatic carbocycles. The number of aromatic nitrogens is 6.